The molecule has 9 heteroatoms. The van der Waals surface area contributed by atoms with Gasteiger partial charge >= 0.3 is 12.4 Å². The topological polar surface area (TPSA) is 46.2 Å². The van der Waals surface area contributed by atoms with E-state index in [1.807, 2.05) is 0 Å². The van der Waals surface area contributed by atoms with E-state index < -0.39 is 41.3 Å². The van der Waals surface area contributed by atoms with Gasteiger partial charge in [-0.25, -0.2) is 0 Å². The SMILES string of the molecule is O=C1CC(C(=O)NCc2cc(C(F)(F)F)cc(C(F)(F)F)c2)(c2ccccc2)C1. The van der Waals surface area contributed by atoms with Gasteiger partial charge in [0.2, 0.25) is 5.91 Å². The number of carbonyl (C=O) groups is 2. The van der Waals surface area contributed by atoms with Gasteiger partial charge in [-0.1, -0.05) is 30.3 Å². The number of carbonyl (C=O) groups excluding carboxylic acids is 2. The van der Waals surface area contributed by atoms with Gasteiger partial charge in [0.1, 0.15) is 5.78 Å². The molecule has 0 spiro atoms. The summed E-state index contributed by atoms with van der Waals surface area (Å²) in [4.78, 5) is 24.3. The third-order valence-electron chi connectivity index (χ3n) is 4.86. The first-order valence-corrected chi connectivity index (χ1v) is 8.56. The van der Waals surface area contributed by atoms with Crippen molar-refractivity contribution in [1.29, 1.82) is 0 Å². The third-order valence-corrected chi connectivity index (χ3v) is 4.86. The zero-order chi connectivity index (χ0) is 21.4. The van der Waals surface area contributed by atoms with Crippen molar-refractivity contribution < 1.29 is 35.9 Å². The largest absolute Gasteiger partial charge is 0.416 e. The predicted molar refractivity (Wildman–Crippen MR) is 90.7 cm³/mol. The summed E-state index contributed by atoms with van der Waals surface area (Å²) in [5, 5.41) is 2.39. The van der Waals surface area contributed by atoms with Crippen LogP contribution in [0.15, 0.2) is 48.5 Å². The van der Waals surface area contributed by atoms with Crippen LogP contribution in [-0.2, 0) is 33.9 Å². The van der Waals surface area contributed by atoms with E-state index in [9.17, 15) is 35.9 Å². The Balaban J connectivity index is 1.85. The fourth-order valence-electron chi connectivity index (χ4n) is 3.35. The number of amides is 1. The van der Waals surface area contributed by atoms with E-state index in [1.165, 1.54) is 0 Å². The molecule has 0 aliphatic heterocycles. The number of hydrogen-bond acceptors (Lipinski definition) is 2. The molecule has 154 valence electrons. The summed E-state index contributed by atoms with van der Waals surface area (Å²) in [6.07, 6.45) is -10.1. The monoisotopic (exact) mass is 415 g/mol. The Kier molecular flexibility index (Phi) is 5.19. The summed E-state index contributed by atoms with van der Waals surface area (Å²) in [6, 6.07) is 9.53. The second kappa shape index (κ2) is 7.20. The standard InChI is InChI=1S/C20H15F6NO2/c21-19(22,23)14-6-12(7-15(8-14)20(24,25)26)11-27-17(29)18(9-16(28)10-18)13-4-2-1-3-5-13/h1-8H,9-11H2,(H,27,29). The Labute approximate surface area is 161 Å². The predicted octanol–water partition coefficient (Wildman–Crippen LogP) is 4.64. The molecule has 0 radical (unpaired) electrons. The minimum atomic E-state index is -4.97. The van der Waals surface area contributed by atoms with Crippen LogP contribution in [0.5, 0.6) is 0 Å². The fraction of sp³-hybridized carbons (Fsp3) is 0.300. The van der Waals surface area contributed by atoms with E-state index in [1.54, 1.807) is 30.3 Å². The van der Waals surface area contributed by atoms with Gasteiger partial charge in [0.25, 0.3) is 0 Å². The fourth-order valence-corrected chi connectivity index (χ4v) is 3.35. The Bertz CT molecular complexity index is 894. The lowest BCUT2D eigenvalue weighted by atomic mass is 9.63. The highest BCUT2D eigenvalue weighted by atomic mass is 19.4. The van der Waals surface area contributed by atoms with Gasteiger partial charge in [0.15, 0.2) is 0 Å². The van der Waals surface area contributed by atoms with E-state index in [0.717, 1.165) is 0 Å². The highest BCUT2D eigenvalue weighted by molar-refractivity contribution is 6.04. The van der Waals surface area contributed by atoms with Crippen molar-refractivity contribution >= 4 is 11.7 Å². The molecule has 3 nitrogen and oxygen atoms in total. The van der Waals surface area contributed by atoms with Gasteiger partial charge in [-0.3, -0.25) is 9.59 Å². The van der Waals surface area contributed by atoms with Crippen LogP contribution in [0.25, 0.3) is 0 Å². The van der Waals surface area contributed by atoms with Gasteiger partial charge in [-0.2, -0.15) is 26.3 Å². The van der Waals surface area contributed by atoms with Crippen LogP contribution in [0.2, 0.25) is 0 Å². The molecule has 1 N–H and O–H groups in total. The van der Waals surface area contributed by atoms with Gasteiger partial charge in [0, 0.05) is 19.4 Å². The van der Waals surface area contributed by atoms with Crippen molar-refractivity contribution in [2.24, 2.45) is 0 Å². The zero-order valence-corrected chi connectivity index (χ0v) is 14.8. The number of nitrogens with one attached hydrogen (secondary N) is 1. The van der Waals surface area contributed by atoms with Crippen molar-refractivity contribution in [3.8, 4) is 0 Å². The van der Waals surface area contributed by atoms with Crippen molar-refractivity contribution in [2.45, 2.75) is 37.2 Å². The van der Waals surface area contributed by atoms with Crippen LogP contribution in [0.4, 0.5) is 26.3 Å². The van der Waals surface area contributed by atoms with Gasteiger partial charge in [0.05, 0.1) is 16.5 Å². The lowest BCUT2D eigenvalue weighted by molar-refractivity contribution is -0.143. The summed E-state index contributed by atoms with van der Waals surface area (Å²) in [5.41, 5.74) is -3.83. The first-order valence-electron chi connectivity index (χ1n) is 8.56. The highest BCUT2D eigenvalue weighted by Gasteiger charge is 2.50. The number of alkyl halides is 6. The number of rotatable bonds is 4. The number of Topliss-reactive ketones (excluding diaryl/α,β-unsaturated/α-hetero) is 1. The Morgan fingerprint density at radius 3 is 1.86 bits per heavy atom. The van der Waals surface area contributed by atoms with E-state index in [2.05, 4.69) is 5.32 Å². The van der Waals surface area contributed by atoms with Crippen LogP contribution in [-0.4, -0.2) is 11.7 Å². The second-order valence-corrected chi connectivity index (χ2v) is 6.94. The molecule has 0 aromatic heterocycles. The molecule has 1 fully saturated rings. The molecule has 3 rings (SSSR count). The van der Waals surface area contributed by atoms with Crippen LogP contribution in [0, 0.1) is 0 Å². The van der Waals surface area contributed by atoms with Crippen LogP contribution >= 0.6 is 0 Å². The minimum Gasteiger partial charge on any atom is -0.351 e. The smallest absolute Gasteiger partial charge is 0.351 e. The van der Waals surface area contributed by atoms with Crippen molar-refractivity contribution in [3.05, 3.63) is 70.8 Å². The average molecular weight is 415 g/mol. The first-order chi connectivity index (χ1) is 13.4. The number of halogens is 6. The lowest BCUT2D eigenvalue weighted by Gasteiger charge is -2.39. The van der Waals surface area contributed by atoms with Gasteiger partial charge in [-0.05, 0) is 29.3 Å². The molecule has 29 heavy (non-hydrogen) atoms. The summed E-state index contributed by atoms with van der Waals surface area (Å²) < 4.78 is 77.8. The van der Waals surface area contributed by atoms with E-state index >= 15 is 0 Å². The maximum atomic E-state index is 13.0. The molecule has 1 aliphatic carbocycles. The Morgan fingerprint density at radius 2 is 1.41 bits per heavy atom. The molecule has 0 unspecified atom stereocenters. The molecule has 0 saturated heterocycles. The molecular formula is C20H15F6NO2. The molecular weight excluding hydrogens is 400 g/mol. The maximum Gasteiger partial charge on any atom is 0.416 e. The average Bonchev–Trinajstić information content (AvgIpc) is 2.62. The lowest BCUT2D eigenvalue weighted by Crippen LogP contribution is -2.53. The number of benzene rings is 2. The van der Waals surface area contributed by atoms with Crippen molar-refractivity contribution in [2.75, 3.05) is 0 Å². The number of ketones is 1. The van der Waals surface area contributed by atoms with Crippen LogP contribution < -0.4 is 5.32 Å². The normalized spacial score (nSPS) is 16.3. The van der Waals surface area contributed by atoms with Gasteiger partial charge < -0.3 is 5.32 Å². The molecule has 1 saturated carbocycles. The van der Waals surface area contributed by atoms with Crippen molar-refractivity contribution in [3.63, 3.8) is 0 Å². The molecule has 0 atom stereocenters. The summed E-state index contributed by atoms with van der Waals surface area (Å²) in [5.74, 6) is -0.767. The molecule has 1 amide bonds. The molecule has 2 aromatic rings. The second-order valence-electron chi connectivity index (χ2n) is 6.94. The Hall–Kier alpha value is -2.84. The van der Waals surface area contributed by atoms with Crippen LogP contribution in [0.1, 0.15) is 35.1 Å². The molecule has 0 bridgehead atoms. The summed E-state index contributed by atoms with van der Waals surface area (Å²) in [6.45, 7) is -0.533. The van der Waals surface area contributed by atoms with Crippen molar-refractivity contribution in [1.82, 2.24) is 5.32 Å². The summed E-state index contributed by atoms with van der Waals surface area (Å²) in [7, 11) is 0. The minimum absolute atomic E-state index is 0.0291. The zero-order valence-electron chi connectivity index (χ0n) is 14.8. The Morgan fingerprint density at radius 1 is 0.897 bits per heavy atom. The van der Waals surface area contributed by atoms with E-state index in [0.29, 0.717) is 17.7 Å². The maximum absolute atomic E-state index is 13.0. The molecule has 2 aromatic carbocycles. The van der Waals surface area contributed by atoms with Crippen LogP contribution in [0.3, 0.4) is 0 Å². The third kappa shape index (κ3) is 4.28. The van der Waals surface area contributed by atoms with E-state index in [-0.39, 0.29) is 30.3 Å². The molecule has 1 aliphatic rings. The number of hydrogen-bond donors (Lipinski definition) is 1. The first kappa shape index (κ1) is 20.9. The highest BCUT2D eigenvalue weighted by Crippen LogP contribution is 2.42. The molecule has 0 heterocycles. The van der Waals surface area contributed by atoms with E-state index in [4.69, 9.17) is 0 Å². The quantitative estimate of drug-likeness (QED) is 0.740. The summed E-state index contributed by atoms with van der Waals surface area (Å²) >= 11 is 0. The van der Waals surface area contributed by atoms with Gasteiger partial charge in [-0.15, -0.1) is 0 Å².